The van der Waals surface area contributed by atoms with Crippen molar-refractivity contribution in [3.8, 4) is 5.75 Å². The molecule has 0 saturated carbocycles. The minimum Gasteiger partial charge on any atom is -0.496 e. The van der Waals surface area contributed by atoms with Crippen LogP contribution in [0.2, 0.25) is 0 Å². The number of carbonyl (C=O) groups excluding carboxylic acids is 1. The smallest absolute Gasteiger partial charge is 0.254 e. The van der Waals surface area contributed by atoms with Crippen molar-refractivity contribution in [3.63, 3.8) is 0 Å². The molecule has 164 valence electrons. The highest BCUT2D eigenvalue weighted by Crippen LogP contribution is 2.25. The summed E-state index contributed by atoms with van der Waals surface area (Å²) in [6.45, 7) is 0.510. The van der Waals surface area contributed by atoms with Crippen molar-refractivity contribution in [1.29, 1.82) is 0 Å². The number of methoxy groups -OCH3 is 1. The third kappa shape index (κ3) is 4.94. The van der Waals surface area contributed by atoms with Gasteiger partial charge in [-0.15, -0.1) is 0 Å². The summed E-state index contributed by atoms with van der Waals surface area (Å²) in [5, 5.41) is 4.21. The Morgan fingerprint density at radius 1 is 1.03 bits per heavy atom. The van der Waals surface area contributed by atoms with E-state index in [1.165, 1.54) is 36.4 Å². The predicted molar refractivity (Wildman–Crippen MR) is 117 cm³/mol. The topological polar surface area (TPSA) is 51.1 Å². The first-order valence-corrected chi connectivity index (χ1v) is 10.2. The van der Waals surface area contributed by atoms with Gasteiger partial charge in [0.2, 0.25) is 0 Å². The summed E-state index contributed by atoms with van der Waals surface area (Å²) >= 11 is 0. The van der Waals surface area contributed by atoms with Gasteiger partial charge in [0.05, 0.1) is 19.4 Å². The van der Waals surface area contributed by atoms with Crippen molar-refractivity contribution in [2.75, 3.05) is 13.7 Å². The lowest BCUT2D eigenvalue weighted by Crippen LogP contribution is -2.37. The highest BCUT2D eigenvalue weighted by atomic mass is 19.1. The van der Waals surface area contributed by atoms with Crippen molar-refractivity contribution in [1.82, 2.24) is 4.90 Å². The molecule has 0 aliphatic carbocycles. The fourth-order valence-electron chi connectivity index (χ4n) is 3.62. The normalized spacial score (nSPS) is 15.1. The Morgan fingerprint density at radius 2 is 1.69 bits per heavy atom. The molecule has 1 amide bonds. The average Bonchev–Trinajstić information content (AvgIpc) is 3.28. The lowest BCUT2D eigenvalue weighted by atomic mass is 10.0. The largest absolute Gasteiger partial charge is 0.496 e. The molecule has 0 spiro atoms. The van der Waals surface area contributed by atoms with Crippen LogP contribution in [0.3, 0.4) is 0 Å². The second-order valence-corrected chi connectivity index (χ2v) is 7.49. The van der Waals surface area contributed by atoms with Gasteiger partial charge in [-0.1, -0.05) is 29.4 Å². The highest BCUT2D eigenvalue weighted by molar-refractivity contribution is 6.03. The molecule has 0 N–H and O–H groups in total. The molecule has 1 atom stereocenters. The number of carbonyl (C=O) groups is 1. The lowest BCUT2D eigenvalue weighted by Gasteiger charge is -2.25. The SMILES string of the molecule is COc1ccccc1C1=NO[C@H](CN(Cc2ccc(F)cc2)C(=O)c2ccc(F)cc2)C1. The van der Waals surface area contributed by atoms with E-state index in [9.17, 15) is 13.6 Å². The minimum absolute atomic E-state index is 0.250. The van der Waals surface area contributed by atoms with Crippen molar-refractivity contribution in [3.05, 3.63) is 101 Å². The van der Waals surface area contributed by atoms with Gasteiger partial charge >= 0.3 is 0 Å². The van der Waals surface area contributed by atoms with Crippen molar-refractivity contribution in [2.24, 2.45) is 5.16 Å². The molecule has 3 aromatic carbocycles. The van der Waals surface area contributed by atoms with E-state index in [4.69, 9.17) is 9.57 Å². The zero-order chi connectivity index (χ0) is 22.5. The lowest BCUT2D eigenvalue weighted by molar-refractivity contribution is 0.0405. The van der Waals surface area contributed by atoms with Crippen LogP contribution < -0.4 is 4.74 Å². The molecule has 1 aliphatic heterocycles. The number of benzene rings is 3. The quantitative estimate of drug-likeness (QED) is 0.534. The maximum Gasteiger partial charge on any atom is 0.254 e. The van der Waals surface area contributed by atoms with Crippen LogP contribution in [0.1, 0.15) is 27.9 Å². The molecule has 3 aromatic rings. The van der Waals surface area contributed by atoms with Gasteiger partial charge < -0.3 is 14.5 Å². The molecule has 7 heteroatoms. The number of rotatable bonds is 7. The molecule has 0 unspecified atom stereocenters. The van der Waals surface area contributed by atoms with Crippen LogP contribution >= 0.6 is 0 Å². The van der Waals surface area contributed by atoms with Crippen LogP contribution in [0.25, 0.3) is 0 Å². The van der Waals surface area contributed by atoms with Crippen molar-refractivity contribution >= 4 is 11.6 Å². The van der Waals surface area contributed by atoms with E-state index in [-0.39, 0.29) is 30.9 Å². The van der Waals surface area contributed by atoms with Crippen molar-refractivity contribution < 1.29 is 23.1 Å². The van der Waals surface area contributed by atoms with Gasteiger partial charge in [-0.05, 0) is 54.1 Å². The van der Waals surface area contributed by atoms with Crippen LogP contribution in [0.4, 0.5) is 8.78 Å². The highest BCUT2D eigenvalue weighted by Gasteiger charge is 2.28. The molecule has 0 radical (unpaired) electrons. The Balaban J connectivity index is 1.52. The van der Waals surface area contributed by atoms with Crippen LogP contribution in [0.15, 0.2) is 78.0 Å². The van der Waals surface area contributed by atoms with Gasteiger partial charge in [0, 0.05) is 24.1 Å². The van der Waals surface area contributed by atoms with E-state index in [1.807, 2.05) is 24.3 Å². The van der Waals surface area contributed by atoms with Gasteiger partial charge in [-0.25, -0.2) is 8.78 Å². The summed E-state index contributed by atoms with van der Waals surface area (Å²) in [5.74, 6) is -0.343. The third-order valence-corrected chi connectivity index (χ3v) is 5.24. The van der Waals surface area contributed by atoms with E-state index in [0.29, 0.717) is 17.7 Å². The third-order valence-electron chi connectivity index (χ3n) is 5.24. The Labute approximate surface area is 184 Å². The Kier molecular flexibility index (Phi) is 6.44. The standard InChI is InChI=1S/C25H22F2N2O3/c1-31-24-5-3-2-4-22(24)23-14-21(32-28-23)16-29(15-17-6-10-19(26)11-7-17)25(30)18-8-12-20(27)13-9-18/h2-13,21H,14-16H2,1H3/t21-/m0/s1. The molecule has 32 heavy (non-hydrogen) atoms. The molecular formula is C25H22F2N2O3. The zero-order valence-corrected chi connectivity index (χ0v) is 17.5. The van der Waals surface area contributed by atoms with E-state index in [2.05, 4.69) is 5.16 Å². The van der Waals surface area contributed by atoms with Gasteiger partial charge in [0.25, 0.3) is 5.91 Å². The van der Waals surface area contributed by atoms with Crippen LogP contribution in [-0.2, 0) is 11.4 Å². The van der Waals surface area contributed by atoms with Gasteiger partial charge in [0.15, 0.2) is 6.10 Å². The molecule has 1 aliphatic rings. The summed E-state index contributed by atoms with van der Waals surface area (Å²) in [6.07, 6.45) is 0.136. The summed E-state index contributed by atoms with van der Waals surface area (Å²) in [5.41, 5.74) is 2.71. The Hall–Kier alpha value is -3.74. The molecule has 0 fully saturated rings. The Morgan fingerprint density at radius 3 is 2.38 bits per heavy atom. The van der Waals surface area contributed by atoms with Gasteiger partial charge in [0.1, 0.15) is 17.4 Å². The van der Waals surface area contributed by atoms with Gasteiger partial charge in [-0.2, -0.15) is 0 Å². The average molecular weight is 436 g/mol. The Bertz CT molecular complexity index is 1110. The second-order valence-electron chi connectivity index (χ2n) is 7.49. The maximum absolute atomic E-state index is 13.3. The molecule has 0 saturated heterocycles. The number of nitrogens with zero attached hydrogens (tertiary/aromatic N) is 2. The molecule has 4 rings (SSSR count). The molecule has 0 bridgehead atoms. The summed E-state index contributed by atoms with van der Waals surface area (Å²) < 4.78 is 32.0. The number of para-hydroxylation sites is 1. The van der Waals surface area contributed by atoms with E-state index in [1.54, 1.807) is 24.1 Å². The number of halogens is 2. The summed E-state index contributed by atoms with van der Waals surface area (Å²) in [4.78, 5) is 20.4. The first-order chi connectivity index (χ1) is 15.5. The monoisotopic (exact) mass is 436 g/mol. The number of ether oxygens (including phenoxy) is 1. The minimum atomic E-state index is -0.416. The summed E-state index contributed by atoms with van der Waals surface area (Å²) in [7, 11) is 1.60. The first-order valence-electron chi connectivity index (χ1n) is 10.2. The van der Waals surface area contributed by atoms with Crippen molar-refractivity contribution in [2.45, 2.75) is 19.1 Å². The number of hydrogen-bond acceptors (Lipinski definition) is 4. The van der Waals surface area contributed by atoms with Crippen LogP contribution in [0.5, 0.6) is 5.75 Å². The van der Waals surface area contributed by atoms with Crippen LogP contribution in [-0.4, -0.2) is 36.3 Å². The molecular weight excluding hydrogens is 414 g/mol. The predicted octanol–water partition coefficient (Wildman–Crippen LogP) is 4.81. The molecule has 1 heterocycles. The number of hydrogen-bond donors (Lipinski definition) is 0. The fourth-order valence-corrected chi connectivity index (χ4v) is 3.62. The fraction of sp³-hybridized carbons (Fsp3) is 0.200. The first kappa shape index (κ1) is 21.5. The van der Waals surface area contributed by atoms with Gasteiger partial charge in [-0.3, -0.25) is 4.79 Å². The van der Waals surface area contributed by atoms with E-state index < -0.39 is 5.82 Å². The second kappa shape index (κ2) is 9.60. The maximum atomic E-state index is 13.3. The number of oxime groups is 1. The van der Waals surface area contributed by atoms with E-state index >= 15 is 0 Å². The molecule has 0 aromatic heterocycles. The van der Waals surface area contributed by atoms with Crippen LogP contribution in [0, 0.1) is 11.6 Å². The molecule has 5 nitrogen and oxygen atoms in total. The zero-order valence-electron chi connectivity index (χ0n) is 17.5. The summed E-state index contributed by atoms with van der Waals surface area (Å²) in [6, 6.07) is 18.9. The van der Waals surface area contributed by atoms with E-state index in [0.717, 1.165) is 16.8 Å². The number of amides is 1.